The van der Waals surface area contributed by atoms with Crippen molar-refractivity contribution >= 4 is 23.4 Å². The van der Waals surface area contributed by atoms with Gasteiger partial charge >= 0.3 is 5.97 Å². The van der Waals surface area contributed by atoms with Crippen LogP contribution < -0.4 is 4.90 Å². The van der Waals surface area contributed by atoms with Gasteiger partial charge in [-0.1, -0.05) is 16.8 Å². The monoisotopic (exact) mass is 364 g/mol. The molecule has 1 N–H and O–H groups in total. The highest BCUT2D eigenvalue weighted by Gasteiger charge is 2.26. The van der Waals surface area contributed by atoms with Crippen LogP contribution in [0, 0.1) is 0 Å². The molecule has 1 fully saturated rings. The second-order valence-corrected chi connectivity index (χ2v) is 6.66. The highest BCUT2D eigenvalue weighted by Crippen LogP contribution is 2.32. The number of ether oxygens (including phenoxy) is 1. The quantitative estimate of drug-likeness (QED) is 0.797. The molecule has 7 heteroatoms. The van der Waals surface area contributed by atoms with Gasteiger partial charge in [0.25, 0.3) is 0 Å². The van der Waals surface area contributed by atoms with Gasteiger partial charge in [-0.15, -0.1) is 0 Å². The predicted molar refractivity (Wildman–Crippen MR) is 95.4 cm³/mol. The van der Waals surface area contributed by atoms with E-state index in [0.29, 0.717) is 29.1 Å². The van der Waals surface area contributed by atoms with Gasteiger partial charge in [0.2, 0.25) is 0 Å². The average Bonchev–Trinajstić information content (AvgIpc) is 3.24. The molecule has 0 bridgehead atoms. The van der Waals surface area contributed by atoms with Crippen molar-refractivity contribution in [3.8, 4) is 11.3 Å². The topological polar surface area (TPSA) is 75.8 Å². The lowest BCUT2D eigenvalue weighted by atomic mass is 10.1. The van der Waals surface area contributed by atoms with E-state index in [1.165, 1.54) is 0 Å². The number of carboxylic acids is 1. The second kappa shape index (κ2) is 7.89. The fraction of sp³-hybridized carbons (Fsp3) is 0.444. The minimum atomic E-state index is -1.06. The Kier molecular flexibility index (Phi) is 5.60. The fourth-order valence-corrected chi connectivity index (χ4v) is 3.19. The summed E-state index contributed by atoms with van der Waals surface area (Å²) in [6, 6.07) is 6.82. The SMILES string of the molecule is CN(CCCC1CCCO1)c1noc(-c2ccc(Cl)cc2)c1C(=O)O. The molecule has 1 atom stereocenters. The van der Waals surface area contributed by atoms with Crippen molar-refractivity contribution in [2.45, 2.75) is 31.8 Å². The minimum absolute atomic E-state index is 0.0712. The van der Waals surface area contributed by atoms with Crippen molar-refractivity contribution in [3.63, 3.8) is 0 Å². The Morgan fingerprint density at radius 1 is 1.40 bits per heavy atom. The first-order chi connectivity index (χ1) is 12.1. The van der Waals surface area contributed by atoms with Gasteiger partial charge in [-0.2, -0.15) is 0 Å². The number of hydrogen-bond acceptors (Lipinski definition) is 5. The molecule has 6 nitrogen and oxygen atoms in total. The summed E-state index contributed by atoms with van der Waals surface area (Å²) in [6.07, 6.45) is 4.43. The molecular formula is C18H21ClN2O4. The van der Waals surface area contributed by atoms with Crippen LogP contribution in [0.5, 0.6) is 0 Å². The molecule has 1 aliphatic heterocycles. The summed E-state index contributed by atoms with van der Waals surface area (Å²) in [5.74, 6) is -0.484. The third-order valence-corrected chi connectivity index (χ3v) is 4.65. The first-order valence-electron chi connectivity index (χ1n) is 8.38. The van der Waals surface area contributed by atoms with E-state index in [2.05, 4.69) is 5.16 Å². The number of halogens is 1. The van der Waals surface area contributed by atoms with Crippen LogP contribution >= 0.6 is 11.6 Å². The third kappa shape index (κ3) is 4.14. The van der Waals surface area contributed by atoms with Crippen molar-refractivity contribution in [1.29, 1.82) is 0 Å². The van der Waals surface area contributed by atoms with Crippen LogP contribution in [0.4, 0.5) is 5.82 Å². The summed E-state index contributed by atoms with van der Waals surface area (Å²) in [6.45, 7) is 1.53. The molecule has 0 radical (unpaired) electrons. The van der Waals surface area contributed by atoms with Crippen molar-refractivity contribution in [2.24, 2.45) is 0 Å². The number of nitrogens with zero attached hydrogens (tertiary/aromatic N) is 2. The molecule has 25 heavy (non-hydrogen) atoms. The maximum absolute atomic E-state index is 11.8. The summed E-state index contributed by atoms with van der Waals surface area (Å²) < 4.78 is 11.0. The summed E-state index contributed by atoms with van der Waals surface area (Å²) in [7, 11) is 1.82. The van der Waals surface area contributed by atoms with Crippen molar-refractivity contribution in [2.75, 3.05) is 25.1 Å². The van der Waals surface area contributed by atoms with Gasteiger partial charge in [-0.25, -0.2) is 4.79 Å². The van der Waals surface area contributed by atoms with Gasteiger partial charge in [0.1, 0.15) is 0 Å². The van der Waals surface area contributed by atoms with Crippen LogP contribution in [0.2, 0.25) is 5.02 Å². The highest BCUT2D eigenvalue weighted by atomic mass is 35.5. The van der Waals surface area contributed by atoms with Crippen LogP contribution in [0.1, 0.15) is 36.0 Å². The Balaban J connectivity index is 1.74. The third-order valence-electron chi connectivity index (χ3n) is 4.40. The predicted octanol–water partition coefficient (Wildman–Crippen LogP) is 4.09. The number of benzene rings is 1. The first kappa shape index (κ1) is 17.8. The molecule has 0 aliphatic carbocycles. The lowest BCUT2D eigenvalue weighted by Crippen LogP contribution is -2.22. The standard InChI is InChI=1S/C18H21ClN2O4/c1-21(10-2-4-14-5-3-11-24-14)17-15(18(22)23)16(25-20-17)12-6-8-13(19)9-7-12/h6-9,14H,2-5,10-11H2,1H3,(H,22,23). The van der Waals surface area contributed by atoms with E-state index < -0.39 is 5.97 Å². The van der Waals surface area contributed by atoms with Crippen LogP contribution in [-0.4, -0.2) is 42.5 Å². The maximum atomic E-state index is 11.8. The Hall–Kier alpha value is -2.05. The Morgan fingerprint density at radius 2 is 2.16 bits per heavy atom. The number of rotatable bonds is 7. The van der Waals surface area contributed by atoms with Gasteiger partial charge in [-0.3, -0.25) is 0 Å². The van der Waals surface area contributed by atoms with E-state index in [9.17, 15) is 9.90 Å². The number of carbonyl (C=O) groups is 1. The van der Waals surface area contributed by atoms with Gasteiger partial charge < -0.3 is 19.3 Å². The zero-order valence-electron chi connectivity index (χ0n) is 14.1. The summed E-state index contributed by atoms with van der Waals surface area (Å²) >= 11 is 5.89. The number of anilines is 1. The molecule has 0 spiro atoms. The van der Waals surface area contributed by atoms with Crippen molar-refractivity contribution in [1.82, 2.24) is 5.16 Å². The van der Waals surface area contributed by atoms with Crippen LogP contribution in [0.15, 0.2) is 28.8 Å². The van der Waals surface area contributed by atoms with Gasteiger partial charge in [-0.05, 0) is 49.9 Å². The molecule has 1 aromatic heterocycles. The molecular weight excluding hydrogens is 344 g/mol. The van der Waals surface area contributed by atoms with E-state index in [4.69, 9.17) is 20.9 Å². The second-order valence-electron chi connectivity index (χ2n) is 6.22. The molecule has 1 aromatic carbocycles. The van der Waals surface area contributed by atoms with Gasteiger partial charge in [0, 0.05) is 30.8 Å². The summed E-state index contributed by atoms with van der Waals surface area (Å²) in [5.41, 5.74) is 0.704. The Morgan fingerprint density at radius 3 is 2.80 bits per heavy atom. The number of hydrogen-bond donors (Lipinski definition) is 1. The zero-order chi connectivity index (χ0) is 17.8. The normalized spacial score (nSPS) is 17.0. The van der Waals surface area contributed by atoms with E-state index in [1.807, 2.05) is 11.9 Å². The number of carboxylic acid groups (broad SMARTS) is 1. The largest absolute Gasteiger partial charge is 0.477 e. The highest BCUT2D eigenvalue weighted by molar-refractivity contribution is 6.30. The number of aromatic nitrogens is 1. The molecule has 1 saturated heterocycles. The Labute approximate surface area is 151 Å². The zero-order valence-corrected chi connectivity index (χ0v) is 14.8. The summed E-state index contributed by atoms with van der Waals surface area (Å²) in [5, 5.41) is 14.2. The van der Waals surface area contributed by atoms with E-state index in [0.717, 1.165) is 32.3 Å². The van der Waals surface area contributed by atoms with Crippen LogP contribution in [-0.2, 0) is 4.74 Å². The van der Waals surface area contributed by atoms with Crippen LogP contribution in [0.25, 0.3) is 11.3 Å². The number of aromatic carboxylic acids is 1. The minimum Gasteiger partial charge on any atom is -0.477 e. The molecule has 2 aromatic rings. The molecule has 0 saturated carbocycles. The molecule has 0 amide bonds. The smallest absolute Gasteiger partial charge is 0.343 e. The molecule has 2 heterocycles. The molecule has 3 rings (SSSR count). The molecule has 1 unspecified atom stereocenters. The van der Waals surface area contributed by atoms with E-state index in [1.54, 1.807) is 24.3 Å². The van der Waals surface area contributed by atoms with Gasteiger partial charge in [0.05, 0.1) is 6.10 Å². The lowest BCUT2D eigenvalue weighted by Gasteiger charge is -2.17. The lowest BCUT2D eigenvalue weighted by molar-refractivity contribution is 0.0697. The van der Waals surface area contributed by atoms with E-state index >= 15 is 0 Å². The average molecular weight is 365 g/mol. The van der Waals surface area contributed by atoms with Gasteiger partial charge in [0.15, 0.2) is 17.1 Å². The van der Waals surface area contributed by atoms with Crippen LogP contribution in [0.3, 0.4) is 0 Å². The first-order valence-corrected chi connectivity index (χ1v) is 8.75. The summed E-state index contributed by atoms with van der Waals surface area (Å²) in [4.78, 5) is 13.6. The Bertz CT molecular complexity index is 723. The van der Waals surface area contributed by atoms with Crippen molar-refractivity contribution in [3.05, 3.63) is 34.9 Å². The van der Waals surface area contributed by atoms with Crippen molar-refractivity contribution < 1.29 is 19.2 Å². The maximum Gasteiger partial charge on any atom is 0.343 e. The fourth-order valence-electron chi connectivity index (χ4n) is 3.07. The molecule has 134 valence electrons. The van der Waals surface area contributed by atoms with E-state index in [-0.39, 0.29) is 11.3 Å². The molecule has 1 aliphatic rings.